The smallest absolute Gasteiger partial charge is 0.213 e. The van der Waals surface area contributed by atoms with Crippen LogP contribution in [0.2, 0.25) is 0 Å². The van der Waals surface area contributed by atoms with E-state index in [1.54, 1.807) is 7.11 Å². The van der Waals surface area contributed by atoms with E-state index < -0.39 is 0 Å². The fourth-order valence-electron chi connectivity index (χ4n) is 3.87. The molecule has 28 heavy (non-hydrogen) atoms. The monoisotopic (exact) mass is 375 g/mol. The van der Waals surface area contributed by atoms with Crippen molar-refractivity contribution in [1.29, 1.82) is 0 Å². The number of rotatable bonds is 6. The Balaban J connectivity index is 1.85. The normalized spacial score (nSPS) is 17.0. The fraction of sp³-hybridized carbons (Fsp3) is 0.304. The van der Waals surface area contributed by atoms with Gasteiger partial charge in [0.15, 0.2) is 0 Å². The van der Waals surface area contributed by atoms with Crippen molar-refractivity contribution in [2.45, 2.75) is 12.0 Å². The molecule has 144 valence electrons. The number of morpholine rings is 1. The summed E-state index contributed by atoms with van der Waals surface area (Å²) in [6.45, 7) is 3.17. The Morgan fingerprint density at radius 3 is 2.36 bits per heavy atom. The molecule has 0 radical (unpaired) electrons. The van der Waals surface area contributed by atoms with Gasteiger partial charge in [-0.2, -0.15) is 0 Å². The van der Waals surface area contributed by atoms with Crippen molar-refractivity contribution < 1.29 is 9.47 Å². The van der Waals surface area contributed by atoms with Crippen molar-refractivity contribution in [3.05, 3.63) is 89.9 Å². The number of methoxy groups -OCH3 is 1. The van der Waals surface area contributed by atoms with Gasteiger partial charge in [0, 0.05) is 37.0 Å². The van der Waals surface area contributed by atoms with Crippen LogP contribution in [0.3, 0.4) is 0 Å². The first kappa shape index (κ1) is 18.6. The maximum Gasteiger partial charge on any atom is 0.213 e. The summed E-state index contributed by atoms with van der Waals surface area (Å²) in [5, 5.41) is 0. The van der Waals surface area contributed by atoms with Crippen LogP contribution in [0.5, 0.6) is 5.88 Å². The predicted molar refractivity (Wildman–Crippen MR) is 108 cm³/mol. The lowest BCUT2D eigenvalue weighted by molar-refractivity contribution is 0.0112. The number of pyridine rings is 2. The third kappa shape index (κ3) is 4.06. The minimum atomic E-state index is 0.0382. The number of hydrogen-bond donors (Lipinski definition) is 0. The van der Waals surface area contributed by atoms with E-state index in [9.17, 15) is 0 Å². The third-order valence-electron chi connectivity index (χ3n) is 5.18. The van der Waals surface area contributed by atoms with Crippen molar-refractivity contribution in [1.82, 2.24) is 14.9 Å². The average Bonchev–Trinajstić information content (AvgIpc) is 2.79. The van der Waals surface area contributed by atoms with E-state index in [2.05, 4.69) is 41.3 Å². The number of nitrogens with zero attached hydrogens (tertiary/aromatic N) is 3. The Hall–Kier alpha value is -2.76. The summed E-state index contributed by atoms with van der Waals surface area (Å²) in [6, 6.07) is 22.7. The van der Waals surface area contributed by atoms with Gasteiger partial charge in [-0.1, -0.05) is 42.5 Å². The molecule has 5 nitrogen and oxygen atoms in total. The lowest BCUT2D eigenvalue weighted by Gasteiger charge is -2.39. The Kier molecular flexibility index (Phi) is 5.95. The van der Waals surface area contributed by atoms with Crippen molar-refractivity contribution in [2.24, 2.45) is 0 Å². The predicted octanol–water partition coefficient (Wildman–Crippen LogP) is 3.69. The van der Waals surface area contributed by atoms with Crippen molar-refractivity contribution >= 4 is 0 Å². The first-order chi connectivity index (χ1) is 13.9. The van der Waals surface area contributed by atoms with Gasteiger partial charge in [0.1, 0.15) is 0 Å². The van der Waals surface area contributed by atoms with Crippen LogP contribution in [-0.4, -0.2) is 48.3 Å². The maximum absolute atomic E-state index is 5.62. The summed E-state index contributed by atoms with van der Waals surface area (Å²) in [5.41, 5.74) is 3.25. The first-order valence-corrected chi connectivity index (χ1v) is 9.65. The zero-order chi connectivity index (χ0) is 19.2. The van der Waals surface area contributed by atoms with Crippen LogP contribution in [0.25, 0.3) is 0 Å². The van der Waals surface area contributed by atoms with E-state index in [4.69, 9.17) is 19.4 Å². The zero-order valence-corrected chi connectivity index (χ0v) is 16.1. The van der Waals surface area contributed by atoms with Gasteiger partial charge in [0.05, 0.1) is 32.1 Å². The van der Waals surface area contributed by atoms with E-state index in [-0.39, 0.29) is 12.0 Å². The van der Waals surface area contributed by atoms with E-state index in [0.29, 0.717) is 5.88 Å². The molecule has 0 aliphatic carbocycles. The molecule has 2 aromatic heterocycles. The molecule has 1 aliphatic heterocycles. The molecule has 4 rings (SSSR count). The molecule has 0 spiro atoms. The highest BCUT2D eigenvalue weighted by Gasteiger charge is 2.34. The van der Waals surface area contributed by atoms with E-state index in [0.717, 1.165) is 37.7 Å². The van der Waals surface area contributed by atoms with Crippen LogP contribution in [0.15, 0.2) is 72.9 Å². The summed E-state index contributed by atoms with van der Waals surface area (Å²) in [7, 11) is 1.66. The Morgan fingerprint density at radius 2 is 1.64 bits per heavy atom. The molecule has 2 atom stereocenters. The summed E-state index contributed by atoms with van der Waals surface area (Å²) in [4.78, 5) is 12.0. The van der Waals surface area contributed by atoms with E-state index in [1.807, 2.05) is 36.5 Å². The second kappa shape index (κ2) is 8.95. The lowest BCUT2D eigenvalue weighted by atomic mass is 9.85. The first-order valence-electron chi connectivity index (χ1n) is 9.65. The average molecular weight is 375 g/mol. The molecule has 1 fully saturated rings. The van der Waals surface area contributed by atoms with Gasteiger partial charge in [-0.05, 0) is 23.8 Å². The molecular weight excluding hydrogens is 350 g/mol. The van der Waals surface area contributed by atoms with Gasteiger partial charge in [0.25, 0.3) is 0 Å². The molecule has 0 amide bonds. The zero-order valence-electron chi connectivity index (χ0n) is 16.1. The highest BCUT2D eigenvalue weighted by atomic mass is 16.5. The number of benzene rings is 1. The lowest BCUT2D eigenvalue weighted by Crippen LogP contribution is -2.42. The molecular formula is C23H25N3O2. The fourth-order valence-corrected chi connectivity index (χ4v) is 3.87. The summed E-state index contributed by atoms with van der Waals surface area (Å²) in [6.07, 6.45) is 1.86. The molecule has 0 saturated carbocycles. The SMILES string of the molecule is COc1cccc(C(C(c2ccccc2)c2ccccn2)N2CCOCC2)n1. The Bertz CT molecular complexity index is 828. The van der Waals surface area contributed by atoms with Gasteiger partial charge in [0.2, 0.25) is 5.88 Å². The van der Waals surface area contributed by atoms with Gasteiger partial charge in [-0.25, -0.2) is 4.98 Å². The number of hydrogen-bond acceptors (Lipinski definition) is 5. The van der Waals surface area contributed by atoms with Crippen LogP contribution < -0.4 is 4.74 Å². The Morgan fingerprint density at radius 1 is 0.893 bits per heavy atom. The van der Waals surface area contributed by atoms with E-state index >= 15 is 0 Å². The summed E-state index contributed by atoms with van der Waals surface area (Å²) < 4.78 is 11.0. The van der Waals surface area contributed by atoms with Crippen LogP contribution in [0.4, 0.5) is 0 Å². The maximum atomic E-state index is 5.62. The van der Waals surface area contributed by atoms with Gasteiger partial charge < -0.3 is 9.47 Å². The second-order valence-electron chi connectivity index (χ2n) is 6.84. The third-order valence-corrected chi connectivity index (χ3v) is 5.18. The van der Waals surface area contributed by atoms with Crippen LogP contribution in [0.1, 0.15) is 28.9 Å². The van der Waals surface area contributed by atoms with Gasteiger partial charge >= 0.3 is 0 Å². The van der Waals surface area contributed by atoms with Gasteiger partial charge in [-0.15, -0.1) is 0 Å². The summed E-state index contributed by atoms with van der Waals surface area (Å²) in [5.74, 6) is 0.684. The topological polar surface area (TPSA) is 47.5 Å². The van der Waals surface area contributed by atoms with Crippen LogP contribution >= 0.6 is 0 Å². The Labute approximate surface area is 166 Å². The highest BCUT2D eigenvalue weighted by Crippen LogP contribution is 2.40. The molecule has 1 aliphatic rings. The molecule has 1 aromatic carbocycles. The molecule has 0 bridgehead atoms. The largest absolute Gasteiger partial charge is 0.481 e. The molecule has 5 heteroatoms. The van der Waals surface area contributed by atoms with Gasteiger partial charge in [-0.3, -0.25) is 9.88 Å². The summed E-state index contributed by atoms with van der Waals surface area (Å²) >= 11 is 0. The van der Waals surface area contributed by atoms with E-state index in [1.165, 1.54) is 5.56 Å². The number of aromatic nitrogens is 2. The van der Waals surface area contributed by atoms with Crippen LogP contribution in [0, 0.1) is 0 Å². The minimum absolute atomic E-state index is 0.0382. The van der Waals surface area contributed by atoms with Crippen LogP contribution in [-0.2, 0) is 4.74 Å². The molecule has 1 saturated heterocycles. The van der Waals surface area contributed by atoms with Crippen molar-refractivity contribution in [3.63, 3.8) is 0 Å². The van der Waals surface area contributed by atoms with Crippen molar-refractivity contribution in [2.75, 3.05) is 33.4 Å². The minimum Gasteiger partial charge on any atom is -0.481 e. The standard InChI is InChI=1S/C23H25N3O2/c1-27-21-12-7-11-20(25-21)23(26-14-16-28-17-15-26)22(18-8-3-2-4-9-18)19-10-5-6-13-24-19/h2-13,22-23H,14-17H2,1H3. The molecule has 2 unspecified atom stereocenters. The van der Waals surface area contributed by atoms with Crippen molar-refractivity contribution in [3.8, 4) is 5.88 Å². The molecule has 3 aromatic rings. The second-order valence-corrected chi connectivity index (χ2v) is 6.84. The molecule has 0 N–H and O–H groups in total. The number of ether oxygens (including phenoxy) is 2. The highest BCUT2D eigenvalue weighted by molar-refractivity contribution is 5.34. The molecule has 3 heterocycles. The quantitative estimate of drug-likeness (QED) is 0.658.